The van der Waals surface area contributed by atoms with Gasteiger partial charge in [-0.1, -0.05) is 30.3 Å². The summed E-state index contributed by atoms with van der Waals surface area (Å²) in [6.45, 7) is -0.461. The number of carbonyl (C=O) groups excluding carboxylic acids is 1. The van der Waals surface area contributed by atoms with Gasteiger partial charge in [0.2, 0.25) is 5.91 Å². The number of rotatable bonds is 4. The van der Waals surface area contributed by atoms with Crippen LogP contribution in [0.2, 0.25) is 0 Å². The first-order valence-electron chi connectivity index (χ1n) is 7.72. The molecule has 2 aliphatic heterocycles. The van der Waals surface area contributed by atoms with E-state index in [1.165, 1.54) is 0 Å². The molecule has 0 spiro atoms. The molecule has 0 unspecified atom stereocenters. The molecule has 4 nitrogen and oxygen atoms in total. The van der Waals surface area contributed by atoms with Crippen molar-refractivity contribution in [3.05, 3.63) is 35.9 Å². The van der Waals surface area contributed by atoms with Crippen LogP contribution in [0.5, 0.6) is 0 Å². The van der Waals surface area contributed by atoms with Crippen molar-refractivity contribution in [2.75, 3.05) is 19.7 Å². The number of hydrogen-bond acceptors (Lipinski definition) is 3. The summed E-state index contributed by atoms with van der Waals surface area (Å²) in [5.74, 6) is -0.471. The number of amides is 1. The van der Waals surface area contributed by atoms with Crippen molar-refractivity contribution >= 4 is 5.91 Å². The van der Waals surface area contributed by atoms with Gasteiger partial charge in [-0.15, -0.1) is 0 Å². The molecule has 3 rings (SSSR count). The summed E-state index contributed by atoms with van der Waals surface area (Å²) >= 11 is 0. The zero-order valence-electron chi connectivity index (χ0n) is 12.6. The molecule has 23 heavy (non-hydrogen) atoms. The second kappa shape index (κ2) is 6.49. The average molecular weight is 328 g/mol. The van der Waals surface area contributed by atoms with Gasteiger partial charge in [0.25, 0.3) is 0 Å². The van der Waals surface area contributed by atoms with E-state index in [1.54, 1.807) is 0 Å². The van der Waals surface area contributed by atoms with Crippen molar-refractivity contribution < 1.29 is 22.7 Å². The fourth-order valence-corrected chi connectivity index (χ4v) is 3.26. The molecule has 0 saturated carbocycles. The minimum atomic E-state index is -4.35. The second-order valence-corrected chi connectivity index (χ2v) is 5.98. The van der Waals surface area contributed by atoms with Gasteiger partial charge in [-0.3, -0.25) is 10.1 Å². The molecule has 126 valence electrons. The Morgan fingerprint density at radius 2 is 1.96 bits per heavy atom. The highest BCUT2D eigenvalue weighted by Gasteiger charge is 2.41. The highest BCUT2D eigenvalue weighted by Crippen LogP contribution is 2.30. The minimum absolute atomic E-state index is 0.0582. The van der Waals surface area contributed by atoms with Crippen molar-refractivity contribution in [3.8, 4) is 0 Å². The highest BCUT2D eigenvalue weighted by molar-refractivity contribution is 5.84. The van der Waals surface area contributed by atoms with Gasteiger partial charge in [-0.05, 0) is 18.4 Å². The lowest BCUT2D eigenvalue weighted by atomic mass is 10.0. The molecule has 1 aromatic rings. The van der Waals surface area contributed by atoms with Crippen LogP contribution < -0.4 is 5.32 Å². The zero-order valence-corrected chi connectivity index (χ0v) is 12.6. The Balaban J connectivity index is 1.62. The number of nitrogens with zero attached hydrogens (tertiary/aromatic N) is 1. The highest BCUT2D eigenvalue weighted by atomic mass is 19.4. The van der Waals surface area contributed by atoms with Crippen molar-refractivity contribution in [2.24, 2.45) is 0 Å². The van der Waals surface area contributed by atoms with Crippen molar-refractivity contribution in [1.82, 2.24) is 10.2 Å². The second-order valence-electron chi connectivity index (χ2n) is 5.98. The molecule has 1 N–H and O–H groups in total. The molecule has 0 aliphatic carbocycles. The lowest BCUT2D eigenvalue weighted by Gasteiger charge is -2.24. The smallest absolute Gasteiger partial charge is 0.372 e. The number of halogens is 3. The van der Waals surface area contributed by atoms with Gasteiger partial charge in [0.15, 0.2) is 0 Å². The van der Waals surface area contributed by atoms with Gasteiger partial charge in [0.05, 0.1) is 12.1 Å². The van der Waals surface area contributed by atoms with Gasteiger partial charge in [-0.25, -0.2) is 0 Å². The van der Waals surface area contributed by atoms with Gasteiger partial charge < -0.3 is 9.64 Å². The molecule has 0 radical (unpaired) electrons. The molecular formula is C16H19F3N2O2. The van der Waals surface area contributed by atoms with E-state index in [1.807, 2.05) is 30.3 Å². The minimum Gasteiger partial charge on any atom is -0.372 e. The Kier molecular flexibility index (Phi) is 4.59. The number of benzene rings is 1. The van der Waals surface area contributed by atoms with Crippen molar-refractivity contribution in [1.29, 1.82) is 0 Å². The van der Waals surface area contributed by atoms with Crippen LogP contribution in [0.15, 0.2) is 30.3 Å². The van der Waals surface area contributed by atoms with Crippen LogP contribution in [0, 0.1) is 0 Å². The van der Waals surface area contributed by atoms with Crippen molar-refractivity contribution in [2.45, 2.75) is 37.2 Å². The van der Waals surface area contributed by atoms with E-state index in [9.17, 15) is 18.0 Å². The molecule has 2 fully saturated rings. The Bertz CT molecular complexity index is 550. The van der Waals surface area contributed by atoms with Crippen LogP contribution in [0.1, 0.15) is 24.5 Å². The van der Waals surface area contributed by atoms with Crippen LogP contribution in [-0.4, -0.2) is 48.8 Å². The van der Waals surface area contributed by atoms with Crippen molar-refractivity contribution in [3.63, 3.8) is 0 Å². The summed E-state index contributed by atoms with van der Waals surface area (Å²) in [4.78, 5) is 13.0. The van der Waals surface area contributed by atoms with Gasteiger partial charge >= 0.3 is 6.18 Å². The number of hydrogen-bond donors (Lipinski definition) is 1. The molecule has 0 bridgehead atoms. The third-order valence-electron chi connectivity index (χ3n) is 4.30. The summed E-state index contributed by atoms with van der Waals surface area (Å²) in [5.41, 5.74) is 1.01. The molecule has 0 aromatic heterocycles. The van der Waals surface area contributed by atoms with Gasteiger partial charge in [-0.2, -0.15) is 13.2 Å². The predicted molar refractivity (Wildman–Crippen MR) is 77.7 cm³/mol. The summed E-state index contributed by atoms with van der Waals surface area (Å²) in [5, 5.41) is 3.21. The number of nitrogens with one attached hydrogen (secondary N) is 1. The lowest BCUT2D eigenvalue weighted by Crippen LogP contribution is -2.46. The molecule has 2 aliphatic rings. The Morgan fingerprint density at radius 3 is 2.65 bits per heavy atom. The SMILES string of the molecule is O=C1[C@H](N[C@@H]2CCO[C@H]2c2ccccc2)CCN1CC(F)(F)F. The van der Waals surface area contributed by atoms with E-state index in [2.05, 4.69) is 5.32 Å². The van der Waals surface area contributed by atoms with Gasteiger partial charge in [0.1, 0.15) is 6.54 Å². The van der Waals surface area contributed by atoms with E-state index < -0.39 is 24.7 Å². The zero-order chi connectivity index (χ0) is 16.4. The average Bonchev–Trinajstić information content (AvgIpc) is 3.09. The van der Waals surface area contributed by atoms with E-state index in [0.29, 0.717) is 13.0 Å². The van der Waals surface area contributed by atoms with E-state index in [0.717, 1.165) is 16.9 Å². The Morgan fingerprint density at radius 1 is 1.22 bits per heavy atom. The molecule has 1 aromatic carbocycles. The quantitative estimate of drug-likeness (QED) is 0.922. The monoisotopic (exact) mass is 328 g/mol. The fourth-order valence-electron chi connectivity index (χ4n) is 3.26. The first kappa shape index (κ1) is 16.3. The standard InChI is InChI=1S/C16H19F3N2O2/c17-16(18,19)10-21-8-6-13(15(21)22)20-12-7-9-23-14(12)11-4-2-1-3-5-11/h1-5,12-14,20H,6-10H2/t12-,13-,14+/m1/s1. The van der Waals surface area contributed by atoms with E-state index in [-0.39, 0.29) is 18.7 Å². The van der Waals surface area contributed by atoms with Crippen LogP contribution >= 0.6 is 0 Å². The maximum Gasteiger partial charge on any atom is 0.406 e. The van der Waals surface area contributed by atoms with E-state index >= 15 is 0 Å². The van der Waals surface area contributed by atoms with Gasteiger partial charge in [0, 0.05) is 19.2 Å². The predicted octanol–water partition coefficient (Wildman–Crippen LogP) is 2.27. The maximum atomic E-state index is 12.5. The summed E-state index contributed by atoms with van der Waals surface area (Å²) < 4.78 is 43.1. The Labute approximate surface area is 132 Å². The van der Waals surface area contributed by atoms with Crippen LogP contribution in [0.25, 0.3) is 0 Å². The summed E-state index contributed by atoms with van der Waals surface area (Å²) in [6.07, 6.45) is -3.39. The molecule has 2 saturated heterocycles. The number of likely N-dealkylation sites (tertiary alicyclic amines) is 1. The van der Waals surface area contributed by atoms with Crippen LogP contribution in [-0.2, 0) is 9.53 Å². The first-order chi connectivity index (χ1) is 10.9. The fraction of sp³-hybridized carbons (Fsp3) is 0.562. The normalized spacial score (nSPS) is 28.6. The van der Waals surface area contributed by atoms with Crippen LogP contribution in [0.3, 0.4) is 0 Å². The summed E-state index contributed by atoms with van der Waals surface area (Å²) in [7, 11) is 0. The molecule has 7 heteroatoms. The number of carbonyl (C=O) groups is 1. The molecule has 2 heterocycles. The molecular weight excluding hydrogens is 309 g/mol. The number of ether oxygens (including phenoxy) is 1. The molecule has 3 atom stereocenters. The number of alkyl halides is 3. The third-order valence-corrected chi connectivity index (χ3v) is 4.30. The maximum absolute atomic E-state index is 12.5. The largest absolute Gasteiger partial charge is 0.406 e. The first-order valence-corrected chi connectivity index (χ1v) is 7.72. The lowest BCUT2D eigenvalue weighted by molar-refractivity contribution is -0.158. The molecule has 1 amide bonds. The topological polar surface area (TPSA) is 41.6 Å². The van der Waals surface area contributed by atoms with E-state index in [4.69, 9.17) is 4.74 Å². The Hall–Kier alpha value is -1.60. The third kappa shape index (κ3) is 3.84. The van der Waals surface area contributed by atoms with Crippen LogP contribution in [0.4, 0.5) is 13.2 Å². The summed E-state index contributed by atoms with van der Waals surface area (Å²) in [6, 6.07) is 9.04.